The van der Waals surface area contributed by atoms with E-state index in [-0.39, 0.29) is 58.9 Å². The Morgan fingerprint density at radius 2 is 1.85 bits per heavy atom. The smallest absolute Gasteiger partial charge is 0.167 e. The Balaban J connectivity index is 2.41. The monoisotopic (exact) mass is 362 g/mol. The highest BCUT2D eigenvalue weighted by atomic mass is 16.5. The van der Waals surface area contributed by atoms with Crippen molar-refractivity contribution < 1.29 is 24.9 Å². The Morgan fingerprint density at radius 3 is 2.38 bits per heavy atom. The van der Waals surface area contributed by atoms with Crippen LogP contribution in [-0.4, -0.2) is 34.8 Å². The van der Waals surface area contributed by atoms with Crippen molar-refractivity contribution in [2.24, 2.45) is 11.3 Å². The molecule has 2 unspecified atom stereocenters. The lowest BCUT2D eigenvalue weighted by Crippen LogP contribution is -2.53. The van der Waals surface area contributed by atoms with E-state index < -0.39 is 5.41 Å². The molecule has 2 aliphatic carbocycles. The van der Waals surface area contributed by atoms with Gasteiger partial charge >= 0.3 is 0 Å². The number of phenolic OH excluding ortho intramolecular Hbond substituents is 2. The number of fused-ring (bicyclic) bond motifs is 3. The Bertz CT molecular complexity index is 750. The number of phenols is 2. The van der Waals surface area contributed by atoms with Crippen LogP contribution >= 0.6 is 0 Å². The number of methoxy groups -OCH3 is 1. The third kappa shape index (κ3) is 2.36. The minimum Gasteiger partial charge on any atom is -0.507 e. The third-order valence-corrected chi connectivity index (χ3v) is 6.72. The average molecular weight is 362 g/mol. The maximum absolute atomic E-state index is 13.0. The zero-order valence-corrected chi connectivity index (χ0v) is 16.3. The van der Waals surface area contributed by atoms with E-state index in [4.69, 9.17) is 4.74 Å². The molecule has 0 aliphatic heterocycles. The average Bonchev–Trinajstić information content (AvgIpc) is 2.57. The maximum atomic E-state index is 13.0. The van der Waals surface area contributed by atoms with Gasteiger partial charge in [-0.1, -0.05) is 34.1 Å². The van der Waals surface area contributed by atoms with Crippen LogP contribution in [0.5, 0.6) is 17.2 Å². The van der Waals surface area contributed by atoms with Crippen LogP contribution in [0.25, 0.3) is 0 Å². The fraction of sp³-hybridized carbons (Fsp3) is 0.667. The second kappa shape index (κ2) is 6.15. The Labute approximate surface area is 155 Å². The van der Waals surface area contributed by atoms with E-state index in [1.165, 1.54) is 7.11 Å². The van der Waals surface area contributed by atoms with Gasteiger partial charge in [0, 0.05) is 23.0 Å². The van der Waals surface area contributed by atoms with Gasteiger partial charge in [-0.25, -0.2) is 0 Å². The predicted octanol–water partition coefficient (Wildman–Crippen LogP) is 3.87. The summed E-state index contributed by atoms with van der Waals surface area (Å²) in [5.74, 6) is -0.381. The first-order valence-corrected chi connectivity index (χ1v) is 9.42. The first-order valence-electron chi connectivity index (χ1n) is 9.42. The van der Waals surface area contributed by atoms with Crippen molar-refractivity contribution in [2.45, 2.75) is 64.7 Å². The van der Waals surface area contributed by atoms with E-state index in [1.54, 1.807) is 0 Å². The van der Waals surface area contributed by atoms with Gasteiger partial charge in [0.2, 0.25) is 0 Å². The molecule has 26 heavy (non-hydrogen) atoms. The van der Waals surface area contributed by atoms with Crippen molar-refractivity contribution >= 4 is 5.78 Å². The molecule has 0 aromatic heterocycles. The molecule has 5 nitrogen and oxygen atoms in total. The van der Waals surface area contributed by atoms with Crippen molar-refractivity contribution in [1.82, 2.24) is 0 Å². The van der Waals surface area contributed by atoms with Gasteiger partial charge < -0.3 is 20.1 Å². The summed E-state index contributed by atoms with van der Waals surface area (Å²) in [4.78, 5) is 13.0. The number of hydrogen-bond acceptors (Lipinski definition) is 5. The number of hydrogen-bond donors (Lipinski definition) is 3. The molecule has 0 saturated heterocycles. The highest BCUT2D eigenvalue weighted by Crippen LogP contribution is 2.62. The molecule has 1 fully saturated rings. The van der Waals surface area contributed by atoms with Gasteiger partial charge in [0.25, 0.3) is 0 Å². The summed E-state index contributed by atoms with van der Waals surface area (Å²) in [5, 5.41) is 32.5. The van der Waals surface area contributed by atoms with E-state index >= 15 is 0 Å². The maximum Gasteiger partial charge on any atom is 0.167 e. The minimum absolute atomic E-state index is 0.0892. The SMILES string of the molecule is COc1c(O)c2c(c(O)c1C(C)C)C(=O)CC1C(C)(C)CCCC21CO. The fourth-order valence-corrected chi connectivity index (χ4v) is 5.50. The molecule has 3 rings (SSSR count). The van der Waals surface area contributed by atoms with Gasteiger partial charge in [-0.15, -0.1) is 0 Å². The first kappa shape index (κ1) is 19.0. The van der Waals surface area contributed by atoms with Crippen LogP contribution in [0.4, 0.5) is 0 Å². The Hall–Kier alpha value is -1.75. The van der Waals surface area contributed by atoms with Crippen molar-refractivity contribution in [1.29, 1.82) is 0 Å². The Morgan fingerprint density at radius 1 is 1.19 bits per heavy atom. The van der Waals surface area contributed by atoms with Crippen LogP contribution in [0, 0.1) is 11.3 Å². The largest absolute Gasteiger partial charge is 0.507 e. The lowest BCUT2D eigenvalue weighted by Gasteiger charge is -2.54. The molecule has 1 aromatic rings. The predicted molar refractivity (Wildman–Crippen MR) is 99.2 cm³/mol. The van der Waals surface area contributed by atoms with Crippen molar-refractivity contribution in [3.63, 3.8) is 0 Å². The molecule has 0 heterocycles. The van der Waals surface area contributed by atoms with E-state index in [2.05, 4.69) is 13.8 Å². The summed E-state index contributed by atoms with van der Waals surface area (Å²) in [6.45, 7) is 7.83. The number of rotatable bonds is 3. The van der Waals surface area contributed by atoms with Gasteiger partial charge in [0.15, 0.2) is 17.3 Å². The van der Waals surface area contributed by atoms with Crippen molar-refractivity contribution in [3.05, 3.63) is 16.7 Å². The number of aromatic hydroxyl groups is 2. The highest BCUT2D eigenvalue weighted by Gasteiger charge is 2.56. The Kier molecular flexibility index (Phi) is 4.50. The van der Waals surface area contributed by atoms with Crippen LogP contribution in [0.15, 0.2) is 0 Å². The molecule has 144 valence electrons. The van der Waals surface area contributed by atoms with E-state index in [9.17, 15) is 20.1 Å². The van der Waals surface area contributed by atoms with Gasteiger partial charge in [-0.3, -0.25) is 4.79 Å². The summed E-state index contributed by atoms with van der Waals surface area (Å²) in [6, 6.07) is 0. The molecule has 0 radical (unpaired) electrons. The second-order valence-electron chi connectivity index (χ2n) is 8.89. The van der Waals surface area contributed by atoms with Crippen LogP contribution in [-0.2, 0) is 5.41 Å². The summed E-state index contributed by atoms with van der Waals surface area (Å²) < 4.78 is 5.44. The summed E-state index contributed by atoms with van der Waals surface area (Å²) >= 11 is 0. The summed E-state index contributed by atoms with van der Waals surface area (Å²) in [5.41, 5.74) is 0.122. The van der Waals surface area contributed by atoms with E-state index in [1.807, 2.05) is 13.8 Å². The van der Waals surface area contributed by atoms with Gasteiger partial charge in [0.05, 0.1) is 19.3 Å². The van der Waals surface area contributed by atoms with E-state index in [0.717, 1.165) is 12.8 Å². The molecule has 0 spiro atoms. The number of Topliss-reactive ketones (excluding diaryl/α,β-unsaturated/α-hetero) is 1. The van der Waals surface area contributed by atoms with Gasteiger partial charge in [-0.05, 0) is 30.1 Å². The summed E-state index contributed by atoms with van der Waals surface area (Å²) in [7, 11) is 1.45. The molecule has 0 amide bonds. The fourth-order valence-electron chi connectivity index (χ4n) is 5.50. The number of carbonyl (C=O) groups is 1. The minimum atomic E-state index is -0.741. The zero-order valence-electron chi connectivity index (χ0n) is 16.3. The molecule has 1 aromatic carbocycles. The molecule has 2 aliphatic rings. The van der Waals surface area contributed by atoms with Gasteiger partial charge in [0.1, 0.15) is 5.75 Å². The lowest BCUT2D eigenvalue weighted by atomic mass is 9.49. The second-order valence-corrected chi connectivity index (χ2v) is 8.89. The first-order chi connectivity index (χ1) is 12.1. The molecule has 5 heteroatoms. The molecule has 3 N–H and O–H groups in total. The van der Waals surface area contributed by atoms with Crippen molar-refractivity contribution in [3.8, 4) is 17.2 Å². The van der Waals surface area contributed by atoms with Crippen LogP contribution < -0.4 is 4.74 Å². The lowest BCUT2D eigenvalue weighted by molar-refractivity contribution is -0.00359. The normalized spacial score (nSPS) is 27.2. The molecular weight excluding hydrogens is 332 g/mol. The van der Waals surface area contributed by atoms with Crippen LogP contribution in [0.1, 0.15) is 80.8 Å². The van der Waals surface area contributed by atoms with Crippen LogP contribution in [0.3, 0.4) is 0 Å². The molecule has 1 saturated carbocycles. The number of ketones is 1. The molecule has 2 atom stereocenters. The quantitative estimate of drug-likeness (QED) is 0.711. The molecule has 0 bridgehead atoms. The highest BCUT2D eigenvalue weighted by molar-refractivity contribution is 6.04. The third-order valence-electron chi connectivity index (χ3n) is 6.72. The van der Waals surface area contributed by atoms with Crippen LogP contribution in [0.2, 0.25) is 0 Å². The number of ether oxygens (including phenoxy) is 1. The number of aliphatic hydroxyl groups is 1. The zero-order chi connectivity index (χ0) is 19.4. The molecular formula is C21H30O5. The summed E-state index contributed by atoms with van der Waals surface area (Å²) in [6.07, 6.45) is 2.81. The number of benzene rings is 1. The van der Waals surface area contributed by atoms with Crippen molar-refractivity contribution in [2.75, 3.05) is 13.7 Å². The topological polar surface area (TPSA) is 87.0 Å². The van der Waals surface area contributed by atoms with E-state index in [0.29, 0.717) is 17.5 Å². The van der Waals surface area contributed by atoms with Gasteiger partial charge in [-0.2, -0.15) is 0 Å². The standard InChI is InChI=1S/C21H30O5/c1-11(2)14-17(24)15-12(23)9-13-20(3,4)7-6-8-21(13,10-22)16(15)18(25)19(14)26-5/h11,13,22,24-25H,6-10H2,1-5H3. The number of aliphatic hydroxyl groups excluding tert-OH is 1. The number of carbonyl (C=O) groups excluding carboxylic acids is 1.